The normalized spacial score (nSPS) is 11.9. The van der Waals surface area contributed by atoms with E-state index in [4.69, 9.17) is 12.2 Å². The van der Waals surface area contributed by atoms with Gasteiger partial charge in [-0.2, -0.15) is 0 Å². The number of nitrogens with one attached hydrogen (secondary N) is 2. The number of rotatable bonds is 3. The maximum atomic E-state index is 5.14. The topological polar surface area (TPSA) is 37.0 Å². The summed E-state index contributed by atoms with van der Waals surface area (Å²) in [4.78, 5) is 4.17. The van der Waals surface area contributed by atoms with E-state index < -0.39 is 0 Å². The van der Waals surface area contributed by atoms with Crippen molar-refractivity contribution in [2.75, 3.05) is 5.32 Å². The van der Waals surface area contributed by atoms with E-state index in [1.54, 1.807) is 6.20 Å². The van der Waals surface area contributed by atoms with Gasteiger partial charge in [0.15, 0.2) is 5.11 Å². The van der Waals surface area contributed by atoms with Gasteiger partial charge in [-0.25, -0.2) is 4.98 Å². The molecule has 1 aromatic rings. The molecule has 0 radical (unpaired) electrons. The van der Waals surface area contributed by atoms with E-state index in [-0.39, 0.29) is 0 Å². The number of hydrogen-bond acceptors (Lipinski definition) is 2. The van der Waals surface area contributed by atoms with E-state index in [0.717, 1.165) is 16.7 Å². The van der Waals surface area contributed by atoms with Crippen LogP contribution in [0.2, 0.25) is 0 Å². The first-order valence-electron chi connectivity index (χ1n) is 4.81. The van der Waals surface area contributed by atoms with Crippen LogP contribution in [-0.2, 0) is 0 Å². The summed E-state index contributed by atoms with van der Waals surface area (Å²) in [7, 11) is 0. The predicted octanol–water partition coefficient (Wildman–Crippen LogP) is 2.93. The quantitative estimate of drug-likeness (QED) is 0.839. The molecule has 2 N–H and O–H groups in total. The minimum atomic E-state index is 0.375. The van der Waals surface area contributed by atoms with Crippen molar-refractivity contribution in [3.8, 4) is 0 Å². The second-order valence-corrected chi connectivity index (χ2v) is 4.59. The molecule has 1 rings (SSSR count). The largest absolute Gasteiger partial charge is 0.360 e. The van der Waals surface area contributed by atoms with E-state index >= 15 is 0 Å². The molecule has 0 aromatic carbocycles. The molecule has 1 aromatic heterocycles. The first-order valence-corrected chi connectivity index (χ1v) is 6.01. The first-order chi connectivity index (χ1) is 7.11. The van der Waals surface area contributed by atoms with Gasteiger partial charge in [0.25, 0.3) is 0 Å². The Morgan fingerprint density at radius 3 is 2.87 bits per heavy atom. The molecule has 1 atom stereocenters. The van der Waals surface area contributed by atoms with E-state index in [9.17, 15) is 0 Å². The monoisotopic (exact) mass is 287 g/mol. The van der Waals surface area contributed by atoms with Crippen LogP contribution in [0, 0.1) is 0 Å². The van der Waals surface area contributed by atoms with Gasteiger partial charge in [-0.3, -0.25) is 0 Å². The summed E-state index contributed by atoms with van der Waals surface area (Å²) in [6, 6.07) is 4.16. The van der Waals surface area contributed by atoms with Gasteiger partial charge in [0.1, 0.15) is 5.82 Å². The molecule has 0 aliphatic rings. The highest BCUT2D eigenvalue weighted by Gasteiger charge is 2.02. The number of halogens is 1. The fourth-order valence-corrected chi connectivity index (χ4v) is 1.47. The van der Waals surface area contributed by atoms with Gasteiger partial charge in [-0.15, -0.1) is 0 Å². The molecule has 5 heteroatoms. The molecular formula is C10H14BrN3S. The van der Waals surface area contributed by atoms with Crippen LogP contribution in [0.4, 0.5) is 5.82 Å². The third kappa shape index (κ3) is 4.57. The van der Waals surface area contributed by atoms with Gasteiger partial charge >= 0.3 is 0 Å². The molecule has 0 saturated carbocycles. The predicted molar refractivity (Wildman–Crippen MR) is 71.0 cm³/mol. The number of anilines is 1. The highest BCUT2D eigenvalue weighted by atomic mass is 79.9. The van der Waals surface area contributed by atoms with E-state index in [1.807, 2.05) is 12.1 Å². The lowest BCUT2D eigenvalue weighted by Gasteiger charge is -2.14. The van der Waals surface area contributed by atoms with Crippen molar-refractivity contribution in [2.24, 2.45) is 0 Å². The van der Waals surface area contributed by atoms with Gasteiger partial charge in [-0.05, 0) is 53.6 Å². The van der Waals surface area contributed by atoms with Crippen molar-refractivity contribution in [1.82, 2.24) is 10.3 Å². The van der Waals surface area contributed by atoms with Crippen molar-refractivity contribution in [1.29, 1.82) is 0 Å². The molecule has 15 heavy (non-hydrogen) atoms. The Bertz CT molecular complexity index is 326. The fourth-order valence-electron chi connectivity index (χ4n) is 0.928. The molecule has 1 heterocycles. The van der Waals surface area contributed by atoms with E-state index in [0.29, 0.717) is 11.2 Å². The van der Waals surface area contributed by atoms with Crippen molar-refractivity contribution in [3.63, 3.8) is 0 Å². The summed E-state index contributed by atoms with van der Waals surface area (Å²) >= 11 is 8.46. The average molecular weight is 288 g/mol. The Kier molecular flexibility index (Phi) is 4.98. The summed E-state index contributed by atoms with van der Waals surface area (Å²) in [5.41, 5.74) is 0. The van der Waals surface area contributed by atoms with Crippen LogP contribution in [0.5, 0.6) is 0 Å². The van der Waals surface area contributed by atoms with Crippen molar-refractivity contribution in [3.05, 3.63) is 22.8 Å². The van der Waals surface area contributed by atoms with Gasteiger partial charge < -0.3 is 10.6 Å². The van der Waals surface area contributed by atoms with Gasteiger partial charge in [0.05, 0.1) is 0 Å². The summed E-state index contributed by atoms with van der Waals surface area (Å²) < 4.78 is 0.953. The standard InChI is InChI=1S/C10H14BrN3S/c1-3-7(2)13-10(15)14-9-5-4-8(11)6-12-9/h4-7H,3H2,1-2H3,(H2,12,13,14,15)/t7-/m1/s1. The Morgan fingerprint density at radius 1 is 1.60 bits per heavy atom. The molecule has 3 nitrogen and oxygen atoms in total. The van der Waals surface area contributed by atoms with Crippen molar-refractivity contribution in [2.45, 2.75) is 26.3 Å². The SMILES string of the molecule is CC[C@@H](C)NC(=S)Nc1ccc(Br)cn1. The van der Waals surface area contributed by atoms with Gasteiger partial charge in [0, 0.05) is 16.7 Å². The minimum absolute atomic E-state index is 0.375. The molecule has 0 aliphatic heterocycles. The minimum Gasteiger partial charge on any atom is -0.360 e. The van der Waals surface area contributed by atoms with Crippen LogP contribution in [0.15, 0.2) is 22.8 Å². The zero-order valence-corrected chi connectivity index (χ0v) is 11.2. The van der Waals surface area contributed by atoms with Gasteiger partial charge in [-0.1, -0.05) is 6.92 Å². The second-order valence-electron chi connectivity index (χ2n) is 3.27. The molecule has 0 spiro atoms. The van der Waals surface area contributed by atoms with E-state index in [1.165, 1.54) is 0 Å². The summed E-state index contributed by atoms with van der Waals surface area (Å²) in [5, 5.41) is 6.79. The number of hydrogen-bond donors (Lipinski definition) is 2. The molecule has 0 bridgehead atoms. The Hall–Kier alpha value is -0.680. The smallest absolute Gasteiger partial charge is 0.172 e. The van der Waals surface area contributed by atoms with Crippen LogP contribution in [-0.4, -0.2) is 16.1 Å². The molecular weight excluding hydrogens is 274 g/mol. The molecule has 0 amide bonds. The first kappa shape index (κ1) is 12.4. The zero-order valence-electron chi connectivity index (χ0n) is 8.75. The van der Waals surface area contributed by atoms with Crippen molar-refractivity contribution < 1.29 is 0 Å². The van der Waals surface area contributed by atoms with Crippen LogP contribution >= 0.6 is 28.1 Å². The number of aromatic nitrogens is 1. The summed E-state index contributed by atoms with van der Waals surface area (Å²) in [6.07, 6.45) is 2.77. The highest BCUT2D eigenvalue weighted by molar-refractivity contribution is 9.10. The van der Waals surface area contributed by atoms with Crippen LogP contribution < -0.4 is 10.6 Å². The molecule has 0 unspecified atom stereocenters. The van der Waals surface area contributed by atoms with Crippen molar-refractivity contribution >= 4 is 39.1 Å². The Balaban J connectivity index is 2.48. The van der Waals surface area contributed by atoms with Gasteiger partial charge in [0.2, 0.25) is 0 Å². The highest BCUT2D eigenvalue weighted by Crippen LogP contribution is 2.10. The number of pyridine rings is 1. The summed E-state index contributed by atoms with van der Waals surface area (Å²) in [5.74, 6) is 0.749. The van der Waals surface area contributed by atoms with Crippen LogP contribution in [0.25, 0.3) is 0 Å². The maximum Gasteiger partial charge on any atom is 0.172 e. The molecule has 0 fully saturated rings. The molecule has 0 aliphatic carbocycles. The molecule has 0 saturated heterocycles. The lowest BCUT2D eigenvalue weighted by molar-refractivity contribution is 0.646. The van der Waals surface area contributed by atoms with E-state index in [2.05, 4.69) is 45.4 Å². The zero-order chi connectivity index (χ0) is 11.3. The lowest BCUT2D eigenvalue weighted by Crippen LogP contribution is -2.35. The summed E-state index contributed by atoms with van der Waals surface area (Å²) in [6.45, 7) is 4.20. The van der Waals surface area contributed by atoms with Crippen LogP contribution in [0.3, 0.4) is 0 Å². The molecule has 82 valence electrons. The average Bonchev–Trinajstić information content (AvgIpc) is 2.21. The lowest BCUT2D eigenvalue weighted by atomic mass is 10.3. The van der Waals surface area contributed by atoms with Crippen LogP contribution in [0.1, 0.15) is 20.3 Å². The third-order valence-corrected chi connectivity index (χ3v) is 2.65. The Labute approximate surface area is 104 Å². The third-order valence-electron chi connectivity index (χ3n) is 1.96. The second kappa shape index (κ2) is 6.02. The number of nitrogens with zero attached hydrogens (tertiary/aromatic N) is 1. The Morgan fingerprint density at radius 2 is 2.33 bits per heavy atom. The fraction of sp³-hybridized carbons (Fsp3) is 0.400. The maximum absolute atomic E-state index is 5.14. The number of thiocarbonyl (C=S) groups is 1.